The first kappa shape index (κ1) is 20.4. The second kappa shape index (κ2) is 6.34. The summed E-state index contributed by atoms with van der Waals surface area (Å²) in [5, 5.41) is -1.11. The molecule has 130 valence electrons. The van der Waals surface area contributed by atoms with Crippen LogP contribution in [0.4, 0.5) is 36.4 Å². The van der Waals surface area contributed by atoms with Crippen LogP contribution < -0.4 is 5.32 Å². The molecule has 0 unspecified atom stereocenters. The number of anilines is 1. The van der Waals surface area contributed by atoms with Crippen molar-refractivity contribution in [2.75, 3.05) is 5.32 Å². The molecule has 1 amide bonds. The first-order chi connectivity index (χ1) is 10.1. The molecule has 1 aromatic carbocycles. The van der Waals surface area contributed by atoms with Gasteiger partial charge in [-0.25, -0.2) is 0 Å². The molecular formula is C10H2Cl4F7NO. The molecule has 0 radical (unpaired) electrons. The van der Waals surface area contributed by atoms with E-state index < -0.39 is 49.7 Å². The molecule has 0 aliphatic rings. The Morgan fingerprint density at radius 2 is 1.26 bits per heavy atom. The number of hydrogen-bond donors (Lipinski definition) is 1. The van der Waals surface area contributed by atoms with E-state index in [1.807, 2.05) is 0 Å². The van der Waals surface area contributed by atoms with Gasteiger partial charge in [0.1, 0.15) is 0 Å². The molecule has 0 aliphatic carbocycles. The number of rotatable bonds is 3. The van der Waals surface area contributed by atoms with Crippen LogP contribution in [-0.2, 0) is 4.79 Å². The largest absolute Gasteiger partial charge is 0.460 e. The molecule has 0 spiro atoms. The Bertz CT molecular complexity index is 621. The van der Waals surface area contributed by atoms with Crippen molar-refractivity contribution in [3.05, 3.63) is 26.2 Å². The Morgan fingerprint density at radius 1 is 0.870 bits per heavy atom. The van der Waals surface area contributed by atoms with Gasteiger partial charge >= 0.3 is 23.9 Å². The highest BCUT2D eigenvalue weighted by Crippen LogP contribution is 2.48. The summed E-state index contributed by atoms with van der Waals surface area (Å²) in [5.74, 6) is -15.8. The normalized spacial score (nSPS) is 13.2. The molecule has 23 heavy (non-hydrogen) atoms. The number of halogens is 11. The molecule has 0 saturated carbocycles. The number of hydrogen-bond acceptors (Lipinski definition) is 1. The molecule has 0 bridgehead atoms. The third kappa shape index (κ3) is 3.57. The smallest absolute Gasteiger partial charge is 0.318 e. The summed E-state index contributed by atoms with van der Waals surface area (Å²) in [6, 6.07) is 0.936. The number of benzene rings is 1. The fraction of sp³-hybridized carbons (Fsp3) is 0.300. The van der Waals surface area contributed by atoms with Crippen LogP contribution in [0.5, 0.6) is 0 Å². The highest BCUT2D eigenvalue weighted by molar-refractivity contribution is 6.50. The van der Waals surface area contributed by atoms with E-state index in [9.17, 15) is 35.5 Å². The van der Waals surface area contributed by atoms with Gasteiger partial charge in [-0.3, -0.25) is 4.79 Å². The van der Waals surface area contributed by atoms with Crippen molar-refractivity contribution >= 4 is 58.0 Å². The van der Waals surface area contributed by atoms with Gasteiger partial charge in [-0.05, 0) is 6.07 Å². The van der Waals surface area contributed by atoms with E-state index in [2.05, 4.69) is 0 Å². The first-order valence-corrected chi connectivity index (χ1v) is 6.62. The predicted molar refractivity (Wildman–Crippen MR) is 71.1 cm³/mol. The van der Waals surface area contributed by atoms with E-state index >= 15 is 0 Å². The Balaban J connectivity index is 3.29. The maximum absolute atomic E-state index is 13.2. The van der Waals surface area contributed by atoms with Gasteiger partial charge in [-0.15, -0.1) is 0 Å². The topological polar surface area (TPSA) is 29.1 Å². The Labute approximate surface area is 143 Å². The number of amides is 1. The second-order valence-corrected chi connectivity index (χ2v) is 5.51. The third-order valence-corrected chi connectivity index (χ3v) is 3.96. The van der Waals surface area contributed by atoms with Gasteiger partial charge in [-0.2, -0.15) is 30.7 Å². The molecule has 13 heteroatoms. The van der Waals surface area contributed by atoms with Gasteiger partial charge in [-0.1, -0.05) is 46.4 Å². The molecule has 0 saturated heterocycles. The minimum Gasteiger partial charge on any atom is -0.318 e. The summed E-state index contributed by atoms with van der Waals surface area (Å²) >= 11 is 22.1. The van der Waals surface area contributed by atoms with Gasteiger partial charge in [0.05, 0.1) is 25.8 Å². The van der Waals surface area contributed by atoms with Crippen molar-refractivity contribution < 1.29 is 35.5 Å². The lowest BCUT2D eigenvalue weighted by Gasteiger charge is -2.27. The minimum absolute atomic E-state index is 0.415. The highest BCUT2D eigenvalue weighted by Gasteiger charge is 2.76. The van der Waals surface area contributed by atoms with E-state index in [1.165, 1.54) is 0 Å². The van der Waals surface area contributed by atoms with E-state index in [1.54, 1.807) is 0 Å². The number of carbonyl (C=O) groups is 1. The van der Waals surface area contributed by atoms with E-state index in [4.69, 9.17) is 46.4 Å². The lowest BCUT2D eigenvalue weighted by Crippen LogP contribution is -2.57. The minimum atomic E-state index is -6.67. The first-order valence-electron chi connectivity index (χ1n) is 5.11. The maximum atomic E-state index is 13.2. The SMILES string of the molecule is O=C(Nc1c(Cl)c(Cl)cc(Cl)c1Cl)C(F)(F)C(F)(F)C(F)(F)F. The van der Waals surface area contributed by atoms with Crippen LogP contribution in [0, 0.1) is 0 Å². The molecule has 1 aromatic rings. The van der Waals surface area contributed by atoms with Crippen LogP contribution in [0.2, 0.25) is 20.1 Å². The van der Waals surface area contributed by atoms with Crippen molar-refractivity contribution in [1.82, 2.24) is 0 Å². The molecule has 0 atom stereocenters. The third-order valence-electron chi connectivity index (χ3n) is 2.39. The van der Waals surface area contributed by atoms with Crippen LogP contribution in [-0.4, -0.2) is 23.9 Å². The number of alkyl halides is 7. The lowest BCUT2D eigenvalue weighted by molar-refractivity contribution is -0.343. The molecule has 1 N–H and O–H groups in total. The zero-order chi connectivity index (χ0) is 18.4. The fourth-order valence-corrected chi connectivity index (χ4v) is 2.10. The monoisotopic (exact) mass is 425 g/mol. The summed E-state index contributed by atoms with van der Waals surface area (Å²) in [7, 11) is 0. The van der Waals surface area contributed by atoms with Crippen LogP contribution in [0.15, 0.2) is 6.07 Å². The number of nitrogens with one attached hydrogen (secondary N) is 1. The zero-order valence-corrected chi connectivity index (χ0v) is 13.2. The van der Waals surface area contributed by atoms with E-state index in [-0.39, 0.29) is 0 Å². The Kier molecular flexibility index (Phi) is 5.63. The van der Waals surface area contributed by atoms with Crippen LogP contribution in [0.3, 0.4) is 0 Å². The van der Waals surface area contributed by atoms with Gasteiger partial charge in [0.2, 0.25) is 0 Å². The second-order valence-electron chi connectivity index (χ2n) is 3.94. The molecule has 1 rings (SSSR count). The van der Waals surface area contributed by atoms with Crippen LogP contribution in [0.1, 0.15) is 0 Å². The fourth-order valence-electron chi connectivity index (χ4n) is 1.20. The van der Waals surface area contributed by atoms with E-state index in [0.29, 0.717) is 0 Å². The Morgan fingerprint density at radius 3 is 1.61 bits per heavy atom. The van der Waals surface area contributed by atoms with Crippen molar-refractivity contribution in [2.45, 2.75) is 18.0 Å². The van der Waals surface area contributed by atoms with Gasteiger partial charge < -0.3 is 5.32 Å². The molecular weight excluding hydrogens is 425 g/mol. The lowest BCUT2D eigenvalue weighted by atomic mass is 10.1. The summed E-state index contributed by atoms with van der Waals surface area (Å²) in [5.41, 5.74) is -0.937. The molecule has 0 aliphatic heterocycles. The van der Waals surface area contributed by atoms with Crippen LogP contribution in [0.25, 0.3) is 0 Å². The van der Waals surface area contributed by atoms with Crippen molar-refractivity contribution in [1.29, 1.82) is 0 Å². The van der Waals surface area contributed by atoms with E-state index in [0.717, 1.165) is 11.4 Å². The maximum Gasteiger partial charge on any atom is 0.460 e. The van der Waals surface area contributed by atoms with Gasteiger partial charge in [0, 0.05) is 0 Å². The molecule has 2 nitrogen and oxygen atoms in total. The average Bonchev–Trinajstić information content (AvgIpc) is 2.39. The quantitative estimate of drug-likeness (QED) is 0.461. The summed E-state index contributed by atoms with van der Waals surface area (Å²) in [6.07, 6.45) is -6.67. The Hall–Kier alpha value is -0.640. The number of carbonyl (C=O) groups excluding carboxylic acids is 1. The molecule has 0 heterocycles. The van der Waals surface area contributed by atoms with Crippen molar-refractivity contribution in [3.63, 3.8) is 0 Å². The van der Waals surface area contributed by atoms with Gasteiger partial charge in [0.25, 0.3) is 0 Å². The van der Waals surface area contributed by atoms with Gasteiger partial charge in [0.15, 0.2) is 0 Å². The summed E-state index contributed by atoms with van der Waals surface area (Å²) in [6.45, 7) is 0. The summed E-state index contributed by atoms with van der Waals surface area (Å²) < 4.78 is 88.0. The molecule has 0 aromatic heterocycles. The van der Waals surface area contributed by atoms with Crippen molar-refractivity contribution in [3.8, 4) is 0 Å². The summed E-state index contributed by atoms with van der Waals surface area (Å²) in [4.78, 5) is 11.2. The molecule has 0 fully saturated rings. The zero-order valence-electron chi connectivity index (χ0n) is 10.1. The predicted octanol–water partition coefficient (Wildman–Crippen LogP) is 6.07. The average molecular weight is 427 g/mol. The van der Waals surface area contributed by atoms with Crippen LogP contribution >= 0.6 is 46.4 Å². The van der Waals surface area contributed by atoms with Crippen molar-refractivity contribution in [2.24, 2.45) is 0 Å². The highest BCUT2D eigenvalue weighted by atomic mass is 35.5. The standard InChI is InChI=1S/C10H2Cl4F7NO/c11-2-1-3(12)5(14)6(4(2)13)22-7(23)8(15,16)9(17,18)10(19,20)21/h1H,(H,22,23).